The van der Waals surface area contributed by atoms with Gasteiger partial charge in [-0.25, -0.2) is 9.97 Å². The van der Waals surface area contributed by atoms with Gasteiger partial charge >= 0.3 is 0 Å². The van der Waals surface area contributed by atoms with Crippen LogP contribution < -0.4 is 5.32 Å². The molecular formula is C15H17N5. The standard InChI is InChI=1S/C15H17N5/c1-2-11(16-5-1)7-15-17-8-14(20-15)10-3-4-12-13(6-10)19-9-18-12/h3-4,6,8-9,11,16H,1-2,5,7H2,(H,17,20)(H,18,19). The van der Waals surface area contributed by atoms with Gasteiger partial charge in [0, 0.05) is 18.0 Å². The Kier molecular flexibility index (Phi) is 2.77. The number of aromatic nitrogens is 4. The second-order valence-electron chi connectivity index (χ2n) is 5.38. The van der Waals surface area contributed by atoms with E-state index in [-0.39, 0.29) is 0 Å². The molecule has 1 aromatic carbocycles. The van der Waals surface area contributed by atoms with Crippen molar-refractivity contribution in [3.63, 3.8) is 0 Å². The van der Waals surface area contributed by atoms with E-state index in [0.29, 0.717) is 6.04 Å². The fourth-order valence-corrected chi connectivity index (χ4v) is 2.88. The number of imidazole rings is 2. The third-order valence-electron chi connectivity index (χ3n) is 3.96. The molecule has 0 radical (unpaired) electrons. The number of benzene rings is 1. The van der Waals surface area contributed by atoms with Crippen LogP contribution >= 0.6 is 0 Å². The molecule has 102 valence electrons. The first-order valence-corrected chi connectivity index (χ1v) is 7.09. The predicted molar refractivity (Wildman–Crippen MR) is 78.4 cm³/mol. The monoisotopic (exact) mass is 267 g/mol. The molecule has 20 heavy (non-hydrogen) atoms. The van der Waals surface area contributed by atoms with Crippen LogP contribution in [0.1, 0.15) is 18.7 Å². The van der Waals surface area contributed by atoms with E-state index < -0.39 is 0 Å². The highest BCUT2D eigenvalue weighted by Gasteiger charge is 2.16. The summed E-state index contributed by atoms with van der Waals surface area (Å²) in [5.41, 5.74) is 4.24. The van der Waals surface area contributed by atoms with Crippen molar-refractivity contribution in [2.24, 2.45) is 0 Å². The topological polar surface area (TPSA) is 69.4 Å². The number of aromatic amines is 2. The lowest BCUT2D eigenvalue weighted by atomic mass is 10.1. The molecule has 0 bridgehead atoms. The van der Waals surface area contributed by atoms with E-state index in [4.69, 9.17) is 0 Å². The summed E-state index contributed by atoms with van der Waals surface area (Å²) in [7, 11) is 0. The molecule has 3 N–H and O–H groups in total. The highest BCUT2D eigenvalue weighted by Crippen LogP contribution is 2.22. The summed E-state index contributed by atoms with van der Waals surface area (Å²) in [5.74, 6) is 1.06. The van der Waals surface area contributed by atoms with Crippen molar-refractivity contribution in [2.45, 2.75) is 25.3 Å². The van der Waals surface area contributed by atoms with E-state index in [2.05, 4.69) is 37.4 Å². The number of hydrogen-bond donors (Lipinski definition) is 3. The molecule has 0 amide bonds. The van der Waals surface area contributed by atoms with E-state index in [1.54, 1.807) is 6.33 Å². The van der Waals surface area contributed by atoms with Gasteiger partial charge in [-0.2, -0.15) is 0 Å². The van der Waals surface area contributed by atoms with Gasteiger partial charge in [0.2, 0.25) is 0 Å². The molecular weight excluding hydrogens is 250 g/mol. The van der Waals surface area contributed by atoms with Crippen molar-refractivity contribution in [1.82, 2.24) is 25.3 Å². The zero-order valence-corrected chi connectivity index (χ0v) is 11.2. The van der Waals surface area contributed by atoms with Crippen LogP contribution in [-0.2, 0) is 6.42 Å². The first-order chi connectivity index (χ1) is 9.88. The Labute approximate surface area is 116 Å². The van der Waals surface area contributed by atoms with Crippen LogP contribution in [0.15, 0.2) is 30.7 Å². The minimum absolute atomic E-state index is 0.573. The van der Waals surface area contributed by atoms with Gasteiger partial charge < -0.3 is 15.3 Å². The molecule has 1 saturated heterocycles. The first-order valence-electron chi connectivity index (χ1n) is 7.09. The van der Waals surface area contributed by atoms with Gasteiger partial charge in [-0.15, -0.1) is 0 Å². The molecule has 1 aliphatic heterocycles. The SMILES string of the molecule is c1nc2ccc(-c3cnc(CC4CCCN4)[nH]3)cc2[nH]1. The van der Waals surface area contributed by atoms with Crippen molar-refractivity contribution in [1.29, 1.82) is 0 Å². The van der Waals surface area contributed by atoms with Crippen molar-refractivity contribution < 1.29 is 0 Å². The number of hydrogen-bond acceptors (Lipinski definition) is 3. The zero-order valence-electron chi connectivity index (χ0n) is 11.2. The average Bonchev–Trinajstić information content (AvgIpc) is 3.19. The first kappa shape index (κ1) is 11.7. The molecule has 1 atom stereocenters. The van der Waals surface area contributed by atoms with E-state index in [1.807, 2.05) is 12.3 Å². The lowest BCUT2D eigenvalue weighted by Crippen LogP contribution is -2.24. The second-order valence-corrected chi connectivity index (χ2v) is 5.38. The van der Waals surface area contributed by atoms with Gasteiger partial charge in [0.1, 0.15) is 5.82 Å². The van der Waals surface area contributed by atoms with Gasteiger partial charge in [0.05, 0.1) is 29.3 Å². The Bertz CT molecular complexity index is 721. The Balaban J connectivity index is 1.59. The third-order valence-corrected chi connectivity index (χ3v) is 3.96. The highest BCUT2D eigenvalue weighted by molar-refractivity contribution is 5.80. The maximum absolute atomic E-state index is 4.50. The summed E-state index contributed by atoms with van der Waals surface area (Å²) in [6, 6.07) is 6.78. The number of nitrogens with zero attached hydrogens (tertiary/aromatic N) is 2. The summed E-state index contributed by atoms with van der Waals surface area (Å²) in [6.45, 7) is 1.13. The van der Waals surface area contributed by atoms with Crippen LogP contribution in [0.2, 0.25) is 0 Å². The maximum atomic E-state index is 4.50. The average molecular weight is 267 g/mol. The van der Waals surface area contributed by atoms with Gasteiger partial charge in [0.15, 0.2) is 0 Å². The highest BCUT2D eigenvalue weighted by atomic mass is 15.0. The largest absolute Gasteiger partial charge is 0.345 e. The lowest BCUT2D eigenvalue weighted by molar-refractivity contribution is 0.589. The van der Waals surface area contributed by atoms with Gasteiger partial charge in [-0.3, -0.25) is 0 Å². The number of fused-ring (bicyclic) bond motifs is 1. The third kappa shape index (κ3) is 2.10. The Morgan fingerprint density at radius 3 is 3.15 bits per heavy atom. The second kappa shape index (κ2) is 4.76. The summed E-state index contributed by atoms with van der Waals surface area (Å²) in [6.07, 6.45) is 7.14. The number of rotatable bonds is 3. The molecule has 2 aromatic heterocycles. The van der Waals surface area contributed by atoms with Crippen LogP contribution in [0.4, 0.5) is 0 Å². The minimum Gasteiger partial charge on any atom is -0.345 e. The van der Waals surface area contributed by atoms with Crippen LogP contribution in [0.5, 0.6) is 0 Å². The van der Waals surface area contributed by atoms with Crippen LogP contribution in [0.3, 0.4) is 0 Å². The van der Waals surface area contributed by atoms with Crippen molar-refractivity contribution in [3.8, 4) is 11.3 Å². The molecule has 0 spiro atoms. The summed E-state index contributed by atoms with van der Waals surface area (Å²) in [4.78, 5) is 15.3. The van der Waals surface area contributed by atoms with E-state index in [1.165, 1.54) is 12.8 Å². The fraction of sp³-hybridized carbons (Fsp3) is 0.333. The van der Waals surface area contributed by atoms with Crippen LogP contribution in [0.25, 0.3) is 22.3 Å². The van der Waals surface area contributed by atoms with Gasteiger partial charge in [-0.05, 0) is 31.5 Å². The minimum atomic E-state index is 0.573. The molecule has 5 nitrogen and oxygen atoms in total. The normalized spacial score (nSPS) is 18.9. The summed E-state index contributed by atoms with van der Waals surface area (Å²) < 4.78 is 0. The molecule has 1 fully saturated rings. The molecule has 0 aliphatic carbocycles. The Morgan fingerprint density at radius 1 is 1.25 bits per heavy atom. The predicted octanol–water partition coefficient (Wildman–Crippen LogP) is 2.25. The van der Waals surface area contributed by atoms with Crippen molar-refractivity contribution >= 4 is 11.0 Å². The number of nitrogens with one attached hydrogen (secondary N) is 3. The summed E-state index contributed by atoms with van der Waals surface area (Å²) in [5, 5.41) is 3.50. The van der Waals surface area contributed by atoms with Crippen LogP contribution in [0, 0.1) is 0 Å². The maximum Gasteiger partial charge on any atom is 0.108 e. The van der Waals surface area contributed by atoms with Crippen LogP contribution in [-0.4, -0.2) is 32.5 Å². The van der Waals surface area contributed by atoms with E-state index in [9.17, 15) is 0 Å². The Morgan fingerprint density at radius 2 is 2.25 bits per heavy atom. The van der Waals surface area contributed by atoms with E-state index >= 15 is 0 Å². The zero-order chi connectivity index (χ0) is 13.4. The smallest absolute Gasteiger partial charge is 0.108 e. The Hall–Kier alpha value is -2.14. The molecule has 5 heteroatoms. The molecule has 1 aliphatic rings. The molecule has 1 unspecified atom stereocenters. The van der Waals surface area contributed by atoms with Gasteiger partial charge in [-0.1, -0.05) is 6.07 Å². The van der Waals surface area contributed by atoms with Gasteiger partial charge in [0.25, 0.3) is 0 Å². The van der Waals surface area contributed by atoms with Crippen molar-refractivity contribution in [2.75, 3.05) is 6.54 Å². The van der Waals surface area contributed by atoms with E-state index in [0.717, 1.165) is 41.1 Å². The van der Waals surface area contributed by atoms with Crippen molar-refractivity contribution in [3.05, 3.63) is 36.5 Å². The molecule has 3 heterocycles. The lowest BCUT2D eigenvalue weighted by Gasteiger charge is -2.06. The quantitative estimate of drug-likeness (QED) is 0.681. The molecule has 3 aromatic rings. The fourth-order valence-electron chi connectivity index (χ4n) is 2.88. The molecule has 0 saturated carbocycles. The molecule has 4 rings (SSSR count). The summed E-state index contributed by atoms with van der Waals surface area (Å²) >= 11 is 0. The number of H-pyrrole nitrogens is 2.